The molecule has 2 heterocycles. The quantitative estimate of drug-likeness (QED) is 0.752. The molecule has 1 N–H and O–H groups in total. The number of fused-ring (bicyclic) bond motifs is 1. The highest BCUT2D eigenvalue weighted by molar-refractivity contribution is 6.03. The van der Waals surface area contributed by atoms with E-state index >= 15 is 0 Å². The Kier molecular flexibility index (Phi) is 3.90. The maximum atomic E-state index is 12.7. The molecule has 0 bridgehead atoms. The minimum absolute atomic E-state index is 0.287. The number of aromatic nitrogens is 3. The van der Waals surface area contributed by atoms with Crippen LogP contribution in [0.2, 0.25) is 0 Å². The van der Waals surface area contributed by atoms with Crippen LogP contribution in [-0.4, -0.2) is 20.7 Å². The number of benzene rings is 1. The number of halogens is 3. The minimum atomic E-state index is -4.59. The molecule has 1 aliphatic rings. The zero-order valence-electron chi connectivity index (χ0n) is 13.6. The normalized spacial score (nSPS) is 15.0. The first kappa shape index (κ1) is 16.6. The highest BCUT2D eigenvalue weighted by Gasteiger charge is 2.33. The molecule has 0 spiro atoms. The zero-order chi connectivity index (χ0) is 18.3. The molecule has 1 aromatic carbocycles. The second-order valence-electron chi connectivity index (χ2n) is 6.33. The number of carbonyl (C=O) groups is 1. The summed E-state index contributed by atoms with van der Waals surface area (Å²) in [5.74, 6) is -0.693. The van der Waals surface area contributed by atoms with Crippen molar-refractivity contribution in [3.8, 4) is 0 Å². The smallest absolute Gasteiger partial charge is 0.321 e. The van der Waals surface area contributed by atoms with Gasteiger partial charge in [0.05, 0.1) is 11.6 Å². The first-order valence-electron chi connectivity index (χ1n) is 8.25. The van der Waals surface area contributed by atoms with Gasteiger partial charge in [-0.3, -0.25) is 9.48 Å². The van der Waals surface area contributed by atoms with E-state index in [9.17, 15) is 18.0 Å². The predicted molar refractivity (Wildman–Crippen MR) is 89.8 cm³/mol. The summed E-state index contributed by atoms with van der Waals surface area (Å²) in [5.41, 5.74) is -0.0885. The first-order chi connectivity index (χ1) is 12.4. The van der Waals surface area contributed by atoms with Crippen LogP contribution in [0.5, 0.6) is 0 Å². The van der Waals surface area contributed by atoms with Crippen molar-refractivity contribution < 1.29 is 18.0 Å². The van der Waals surface area contributed by atoms with E-state index in [1.165, 1.54) is 12.5 Å². The molecule has 0 aliphatic heterocycles. The average molecular weight is 360 g/mol. The fraction of sp³-hybridized carbons (Fsp3) is 0.278. The molecule has 3 aromatic rings. The summed E-state index contributed by atoms with van der Waals surface area (Å²) in [6, 6.07) is 8.87. The van der Waals surface area contributed by atoms with E-state index in [0.717, 1.165) is 35.9 Å². The number of pyridine rings is 1. The van der Waals surface area contributed by atoms with Crippen molar-refractivity contribution in [1.29, 1.82) is 0 Å². The number of alkyl halides is 3. The molecule has 1 saturated carbocycles. The van der Waals surface area contributed by atoms with E-state index in [2.05, 4.69) is 15.4 Å². The van der Waals surface area contributed by atoms with Crippen LogP contribution in [0.3, 0.4) is 0 Å². The number of hydrogen-bond acceptors (Lipinski definition) is 3. The van der Waals surface area contributed by atoms with Crippen molar-refractivity contribution in [1.82, 2.24) is 14.8 Å². The zero-order valence-corrected chi connectivity index (χ0v) is 13.6. The highest BCUT2D eigenvalue weighted by Crippen LogP contribution is 2.32. The Bertz CT molecular complexity index is 976. The Balaban J connectivity index is 1.55. The molecule has 134 valence electrons. The number of rotatable bonds is 3. The number of nitrogens with one attached hydrogen (secondary N) is 1. The maximum Gasteiger partial charge on any atom is 0.433 e. The summed E-state index contributed by atoms with van der Waals surface area (Å²) in [6.07, 6.45) is 0.756. The van der Waals surface area contributed by atoms with Gasteiger partial charge in [0.2, 0.25) is 0 Å². The average Bonchev–Trinajstić information content (AvgIpc) is 2.95. The van der Waals surface area contributed by atoms with Crippen LogP contribution < -0.4 is 5.32 Å². The van der Waals surface area contributed by atoms with E-state index in [1.807, 2.05) is 10.9 Å². The van der Waals surface area contributed by atoms with Gasteiger partial charge in [-0.1, -0.05) is 6.07 Å². The third kappa shape index (κ3) is 3.14. The second kappa shape index (κ2) is 6.12. The lowest BCUT2D eigenvalue weighted by Gasteiger charge is -2.25. The molecule has 5 nitrogen and oxygen atoms in total. The van der Waals surface area contributed by atoms with Gasteiger partial charge < -0.3 is 5.32 Å². The van der Waals surface area contributed by atoms with Gasteiger partial charge in [-0.05, 0) is 49.6 Å². The largest absolute Gasteiger partial charge is 0.433 e. The van der Waals surface area contributed by atoms with Crippen molar-refractivity contribution in [3.05, 3.63) is 54.0 Å². The molecular formula is C18H15F3N4O. The Morgan fingerprint density at radius 2 is 2.00 bits per heavy atom. The van der Waals surface area contributed by atoms with Gasteiger partial charge in [0.1, 0.15) is 11.4 Å². The summed E-state index contributed by atoms with van der Waals surface area (Å²) in [6.45, 7) is 0. The number of nitrogens with zero attached hydrogens (tertiary/aromatic N) is 3. The summed E-state index contributed by atoms with van der Waals surface area (Å²) in [5, 5.41) is 7.98. The number of hydrogen-bond donors (Lipinski definition) is 1. The van der Waals surface area contributed by atoms with Crippen molar-refractivity contribution >= 4 is 22.5 Å². The van der Waals surface area contributed by atoms with E-state index in [0.29, 0.717) is 11.7 Å². The Labute approximate surface area is 146 Å². The highest BCUT2D eigenvalue weighted by atomic mass is 19.4. The SMILES string of the molecule is O=C(Nc1ccc2nn(C3CCC3)cc2c1)c1cccc(C(F)(F)F)n1. The van der Waals surface area contributed by atoms with Crippen molar-refractivity contribution in [2.75, 3.05) is 5.32 Å². The number of anilines is 1. The molecule has 0 radical (unpaired) electrons. The Hall–Kier alpha value is -2.90. The van der Waals surface area contributed by atoms with Crippen molar-refractivity contribution in [3.63, 3.8) is 0 Å². The topological polar surface area (TPSA) is 59.8 Å². The van der Waals surface area contributed by atoms with Gasteiger partial charge in [-0.25, -0.2) is 4.98 Å². The predicted octanol–water partition coefficient (Wildman–Crippen LogP) is 4.43. The van der Waals surface area contributed by atoms with Gasteiger partial charge in [-0.2, -0.15) is 18.3 Å². The van der Waals surface area contributed by atoms with E-state index in [4.69, 9.17) is 0 Å². The second-order valence-corrected chi connectivity index (χ2v) is 6.33. The third-order valence-electron chi connectivity index (χ3n) is 4.50. The molecule has 0 unspecified atom stereocenters. The summed E-state index contributed by atoms with van der Waals surface area (Å²) in [7, 11) is 0. The molecule has 1 aliphatic carbocycles. The van der Waals surface area contributed by atoms with E-state index in [-0.39, 0.29) is 5.69 Å². The van der Waals surface area contributed by atoms with Crippen LogP contribution in [0.25, 0.3) is 10.9 Å². The molecular weight excluding hydrogens is 345 g/mol. The van der Waals surface area contributed by atoms with Gasteiger partial charge in [0.15, 0.2) is 0 Å². The molecule has 26 heavy (non-hydrogen) atoms. The molecule has 1 fully saturated rings. The van der Waals surface area contributed by atoms with Gasteiger partial charge >= 0.3 is 6.18 Å². The lowest BCUT2D eigenvalue weighted by Crippen LogP contribution is -2.17. The standard InChI is InChI=1S/C18H15F3N4O/c19-18(20,21)16-6-2-5-15(23-16)17(26)22-12-7-8-14-11(9-12)10-25(24-14)13-3-1-4-13/h2,5-10,13H,1,3-4H2,(H,22,26). The van der Waals surface area contributed by atoms with Crippen LogP contribution in [0.4, 0.5) is 18.9 Å². The number of carbonyl (C=O) groups excluding carboxylic acids is 1. The van der Waals surface area contributed by atoms with Gasteiger partial charge in [-0.15, -0.1) is 0 Å². The van der Waals surface area contributed by atoms with E-state index < -0.39 is 17.8 Å². The van der Waals surface area contributed by atoms with Crippen LogP contribution >= 0.6 is 0 Å². The monoisotopic (exact) mass is 360 g/mol. The van der Waals surface area contributed by atoms with Crippen LogP contribution in [0.1, 0.15) is 41.5 Å². The lowest BCUT2D eigenvalue weighted by molar-refractivity contribution is -0.141. The fourth-order valence-electron chi connectivity index (χ4n) is 2.87. The number of amides is 1. The molecule has 4 rings (SSSR count). The van der Waals surface area contributed by atoms with Crippen LogP contribution in [0.15, 0.2) is 42.6 Å². The van der Waals surface area contributed by atoms with E-state index in [1.54, 1.807) is 18.2 Å². The van der Waals surface area contributed by atoms with Crippen LogP contribution in [-0.2, 0) is 6.18 Å². The van der Waals surface area contributed by atoms with Crippen molar-refractivity contribution in [2.24, 2.45) is 0 Å². The van der Waals surface area contributed by atoms with Gasteiger partial charge in [0, 0.05) is 17.3 Å². The maximum absolute atomic E-state index is 12.7. The summed E-state index contributed by atoms with van der Waals surface area (Å²) >= 11 is 0. The third-order valence-corrected chi connectivity index (χ3v) is 4.50. The molecule has 1 amide bonds. The molecule has 8 heteroatoms. The Morgan fingerprint density at radius 3 is 2.69 bits per heavy atom. The van der Waals surface area contributed by atoms with Crippen LogP contribution in [0, 0.1) is 0 Å². The minimum Gasteiger partial charge on any atom is -0.321 e. The molecule has 0 atom stereocenters. The Morgan fingerprint density at radius 1 is 1.19 bits per heavy atom. The lowest BCUT2D eigenvalue weighted by atomic mass is 9.93. The van der Waals surface area contributed by atoms with Crippen molar-refractivity contribution in [2.45, 2.75) is 31.5 Å². The summed E-state index contributed by atoms with van der Waals surface area (Å²) < 4.78 is 40.1. The molecule has 0 saturated heterocycles. The first-order valence-corrected chi connectivity index (χ1v) is 8.25. The summed E-state index contributed by atoms with van der Waals surface area (Å²) in [4.78, 5) is 15.6. The molecule has 2 aromatic heterocycles. The van der Waals surface area contributed by atoms with Gasteiger partial charge in [0.25, 0.3) is 5.91 Å². The fourth-order valence-corrected chi connectivity index (χ4v) is 2.87.